The zero-order valence-corrected chi connectivity index (χ0v) is 19.3. The third-order valence-electron chi connectivity index (χ3n) is 5.29. The predicted octanol–water partition coefficient (Wildman–Crippen LogP) is 3.62. The number of pyridine rings is 1. The van der Waals surface area contributed by atoms with E-state index in [1.807, 2.05) is 18.9 Å². The minimum Gasteiger partial charge on any atom is -0.491 e. The number of anilines is 1. The molecule has 1 N–H and O–H groups in total. The number of ketones is 1. The minimum absolute atomic E-state index is 0.0353. The molecular formula is C24H34N4O3. The van der Waals surface area contributed by atoms with E-state index in [1.165, 1.54) is 0 Å². The van der Waals surface area contributed by atoms with E-state index in [0.717, 1.165) is 36.3 Å². The van der Waals surface area contributed by atoms with Crippen molar-refractivity contribution < 1.29 is 14.6 Å². The molecule has 2 aromatic heterocycles. The van der Waals surface area contributed by atoms with Crippen LogP contribution in [0.25, 0.3) is 11.5 Å². The molecule has 0 saturated carbocycles. The van der Waals surface area contributed by atoms with Gasteiger partial charge in [-0.05, 0) is 37.2 Å². The minimum atomic E-state index is -0.501. The fourth-order valence-corrected chi connectivity index (χ4v) is 3.76. The van der Waals surface area contributed by atoms with Crippen LogP contribution in [0.4, 0.5) is 5.82 Å². The Balaban J connectivity index is 1.86. The van der Waals surface area contributed by atoms with Crippen molar-refractivity contribution in [3.8, 4) is 17.3 Å². The lowest BCUT2D eigenvalue weighted by atomic mass is 9.90. The summed E-state index contributed by atoms with van der Waals surface area (Å²) in [4.78, 5) is 28.5. The Kier molecular flexibility index (Phi) is 7.26. The average Bonchev–Trinajstić information content (AvgIpc) is 3.18. The number of Topliss-reactive ketones (excluding diaryl/α,β-unsaturated/α-hetero) is 1. The Hall–Kier alpha value is -2.54. The van der Waals surface area contributed by atoms with Crippen molar-refractivity contribution in [1.82, 2.24) is 15.0 Å². The van der Waals surface area contributed by atoms with Crippen LogP contribution in [0.1, 0.15) is 58.2 Å². The number of nitrogens with zero attached hydrogens (tertiary/aromatic N) is 4. The van der Waals surface area contributed by atoms with Crippen LogP contribution in [0, 0.1) is 5.41 Å². The number of hydrogen-bond donors (Lipinski definition) is 1. The standard InChI is InChI=1S/C24H34N4O3/c1-6-16(29)15-31-18-10-11-25-21(12-18)22-26-20-9-7-8-19(20)23(27-22)28(5)14-17(30)13-24(2,3)4/h10-12,16,29H,6-9,13-15H2,1-5H3/t16-/m0/s1. The smallest absolute Gasteiger partial charge is 0.180 e. The van der Waals surface area contributed by atoms with Crippen molar-refractivity contribution in [2.24, 2.45) is 5.41 Å². The number of aromatic nitrogens is 3. The number of likely N-dealkylation sites (N-methyl/N-ethyl adjacent to an activating group) is 1. The van der Waals surface area contributed by atoms with Crippen LogP contribution >= 0.6 is 0 Å². The largest absolute Gasteiger partial charge is 0.491 e. The fourth-order valence-electron chi connectivity index (χ4n) is 3.76. The van der Waals surface area contributed by atoms with Gasteiger partial charge >= 0.3 is 0 Å². The molecule has 3 rings (SSSR count). The number of rotatable bonds is 9. The van der Waals surface area contributed by atoms with Gasteiger partial charge in [-0.25, -0.2) is 9.97 Å². The number of aliphatic hydroxyl groups is 1. The molecule has 0 aliphatic heterocycles. The summed E-state index contributed by atoms with van der Waals surface area (Å²) >= 11 is 0. The Morgan fingerprint density at radius 2 is 2.06 bits per heavy atom. The molecule has 7 heteroatoms. The SMILES string of the molecule is CC[C@H](O)COc1ccnc(-c2nc3c(c(N(C)CC(=O)CC(C)(C)C)n2)CCC3)c1. The van der Waals surface area contributed by atoms with Gasteiger partial charge < -0.3 is 14.7 Å². The quantitative estimate of drug-likeness (QED) is 0.655. The molecule has 7 nitrogen and oxygen atoms in total. The number of hydrogen-bond acceptors (Lipinski definition) is 7. The molecule has 2 aromatic rings. The number of aryl methyl sites for hydroxylation is 1. The number of carbonyl (C=O) groups excluding carboxylic acids is 1. The van der Waals surface area contributed by atoms with Crippen molar-refractivity contribution >= 4 is 11.6 Å². The first-order chi connectivity index (χ1) is 14.7. The number of carbonyl (C=O) groups is 1. The van der Waals surface area contributed by atoms with Crippen molar-refractivity contribution in [2.45, 2.75) is 65.9 Å². The van der Waals surface area contributed by atoms with Gasteiger partial charge in [-0.15, -0.1) is 0 Å². The average molecular weight is 427 g/mol. The highest BCUT2D eigenvalue weighted by Crippen LogP contribution is 2.31. The molecule has 0 aromatic carbocycles. The van der Waals surface area contributed by atoms with Gasteiger partial charge in [0.2, 0.25) is 0 Å². The van der Waals surface area contributed by atoms with Crippen LogP contribution in [0.15, 0.2) is 18.3 Å². The molecule has 0 unspecified atom stereocenters. The van der Waals surface area contributed by atoms with Crippen LogP contribution in [0.5, 0.6) is 5.75 Å². The van der Waals surface area contributed by atoms with Crippen LogP contribution in [-0.4, -0.2) is 52.1 Å². The molecule has 0 bridgehead atoms. The van der Waals surface area contributed by atoms with Gasteiger partial charge in [-0.3, -0.25) is 9.78 Å². The van der Waals surface area contributed by atoms with E-state index in [1.54, 1.807) is 18.3 Å². The van der Waals surface area contributed by atoms with Crippen LogP contribution in [-0.2, 0) is 17.6 Å². The first-order valence-electron chi connectivity index (χ1n) is 11.1. The van der Waals surface area contributed by atoms with Gasteiger partial charge in [0.25, 0.3) is 0 Å². The lowest BCUT2D eigenvalue weighted by Crippen LogP contribution is -2.30. The first kappa shape index (κ1) is 23.1. The summed E-state index contributed by atoms with van der Waals surface area (Å²) in [6, 6.07) is 3.56. The summed E-state index contributed by atoms with van der Waals surface area (Å²) in [5.74, 6) is 2.17. The van der Waals surface area contributed by atoms with E-state index < -0.39 is 6.10 Å². The van der Waals surface area contributed by atoms with Crippen molar-refractivity contribution in [3.63, 3.8) is 0 Å². The van der Waals surface area contributed by atoms with E-state index in [4.69, 9.17) is 14.7 Å². The molecule has 168 valence electrons. The lowest BCUT2D eigenvalue weighted by molar-refractivity contribution is -0.119. The molecule has 1 aliphatic rings. The lowest BCUT2D eigenvalue weighted by Gasteiger charge is -2.23. The summed E-state index contributed by atoms with van der Waals surface area (Å²) in [6.07, 6.45) is 5.19. The summed E-state index contributed by atoms with van der Waals surface area (Å²) in [5, 5.41) is 9.75. The van der Waals surface area contributed by atoms with Crippen LogP contribution in [0.3, 0.4) is 0 Å². The molecule has 1 atom stereocenters. The van der Waals surface area contributed by atoms with E-state index in [0.29, 0.717) is 36.7 Å². The maximum atomic E-state index is 12.6. The van der Waals surface area contributed by atoms with Crippen molar-refractivity contribution in [2.75, 3.05) is 25.1 Å². The summed E-state index contributed by atoms with van der Waals surface area (Å²) in [7, 11) is 1.92. The second-order valence-electron chi connectivity index (χ2n) is 9.53. The summed E-state index contributed by atoms with van der Waals surface area (Å²) in [6.45, 7) is 8.69. The topological polar surface area (TPSA) is 88.4 Å². The molecule has 0 fully saturated rings. The zero-order valence-electron chi connectivity index (χ0n) is 19.3. The van der Waals surface area contributed by atoms with Gasteiger partial charge in [0.15, 0.2) is 11.6 Å². The Labute approximate surface area is 184 Å². The third-order valence-corrected chi connectivity index (χ3v) is 5.29. The van der Waals surface area contributed by atoms with Crippen molar-refractivity contribution in [3.05, 3.63) is 29.6 Å². The first-order valence-corrected chi connectivity index (χ1v) is 11.1. The highest BCUT2D eigenvalue weighted by molar-refractivity contribution is 5.84. The Morgan fingerprint density at radius 3 is 2.77 bits per heavy atom. The van der Waals surface area contributed by atoms with Gasteiger partial charge in [-0.2, -0.15) is 0 Å². The number of fused-ring (bicyclic) bond motifs is 1. The van der Waals surface area contributed by atoms with Gasteiger partial charge in [-0.1, -0.05) is 27.7 Å². The maximum absolute atomic E-state index is 12.6. The predicted molar refractivity (Wildman–Crippen MR) is 121 cm³/mol. The van der Waals surface area contributed by atoms with Gasteiger partial charge in [0.1, 0.15) is 23.9 Å². The molecule has 1 aliphatic carbocycles. The highest BCUT2D eigenvalue weighted by Gasteiger charge is 2.24. The monoisotopic (exact) mass is 426 g/mol. The normalized spacial score (nSPS) is 14.3. The molecule has 0 spiro atoms. The van der Waals surface area contributed by atoms with E-state index in [-0.39, 0.29) is 17.8 Å². The molecule has 2 heterocycles. The molecule has 0 amide bonds. The zero-order chi connectivity index (χ0) is 22.6. The molecule has 0 radical (unpaired) electrons. The van der Waals surface area contributed by atoms with Crippen molar-refractivity contribution in [1.29, 1.82) is 0 Å². The number of ether oxygens (including phenoxy) is 1. The van der Waals surface area contributed by atoms with Crippen LogP contribution < -0.4 is 9.64 Å². The fraction of sp³-hybridized carbons (Fsp3) is 0.583. The third kappa shape index (κ3) is 6.23. The summed E-state index contributed by atoms with van der Waals surface area (Å²) in [5.41, 5.74) is 2.75. The Bertz CT molecular complexity index is 924. The Morgan fingerprint density at radius 1 is 1.29 bits per heavy atom. The second-order valence-corrected chi connectivity index (χ2v) is 9.53. The van der Waals surface area contributed by atoms with E-state index in [9.17, 15) is 9.90 Å². The van der Waals surface area contributed by atoms with Crippen LogP contribution in [0.2, 0.25) is 0 Å². The number of aliphatic hydroxyl groups excluding tert-OH is 1. The maximum Gasteiger partial charge on any atom is 0.180 e. The summed E-state index contributed by atoms with van der Waals surface area (Å²) < 4.78 is 5.69. The van der Waals surface area contributed by atoms with Gasteiger partial charge in [0.05, 0.1) is 12.6 Å². The second kappa shape index (κ2) is 9.73. The van der Waals surface area contributed by atoms with E-state index in [2.05, 4.69) is 25.8 Å². The van der Waals surface area contributed by atoms with Gasteiger partial charge in [0, 0.05) is 37.0 Å². The molecule has 0 saturated heterocycles. The molecular weight excluding hydrogens is 392 g/mol. The van der Waals surface area contributed by atoms with E-state index >= 15 is 0 Å². The molecule has 31 heavy (non-hydrogen) atoms. The highest BCUT2D eigenvalue weighted by atomic mass is 16.5.